The minimum absolute atomic E-state index is 0.0561. The lowest BCUT2D eigenvalue weighted by atomic mass is 9.81. The van der Waals surface area contributed by atoms with Crippen LogP contribution in [0, 0.1) is 17.8 Å². The van der Waals surface area contributed by atoms with Crippen molar-refractivity contribution in [3.63, 3.8) is 0 Å². The summed E-state index contributed by atoms with van der Waals surface area (Å²) in [6.07, 6.45) is 2.31. The van der Waals surface area contributed by atoms with Gasteiger partial charge in [-0.1, -0.05) is 12.5 Å². The van der Waals surface area contributed by atoms with Crippen molar-refractivity contribution in [2.24, 2.45) is 33.5 Å². The van der Waals surface area contributed by atoms with Gasteiger partial charge in [-0.25, -0.2) is 10.2 Å². The van der Waals surface area contributed by atoms with Gasteiger partial charge in [-0.3, -0.25) is 23.9 Å². The Morgan fingerprint density at radius 3 is 2.36 bits per heavy atom. The maximum Gasteiger partial charge on any atom is 0.341 e. The molecule has 44 heavy (non-hydrogen) atoms. The number of ether oxygens (including phenoxy) is 3. The van der Waals surface area contributed by atoms with Gasteiger partial charge < -0.3 is 34.7 Å². The number of esters is 2. The van der Waals surface area contributed by atoms with Crippen molar-refractivity contribution >= 4 is 37.1 Å². The van der Waals surface area contributed by atoms with E-state index < -0.39 is 74.5 Å². The van der Waals surface area contributed by atoms with E-state index in [1.54, 1.807) is 27.0 Å². The quantitative estimate of drug-likeness (QED) is 0.138. The number of rotatable bonds is 13. The Kier molecular flexibility index (Phi) is 10.8. The second-order valence-corrected chi connectivity index (χ2v) is 13.8. The highest BCUT2D eigenvalue weighted by Gasteiger charge is 2.83. The lowest BCUT2D eigenvalue weighted by molar-refractivity contribution is -0.142. The first-order valence-corrected chi connectivity index (χ1v) is 16.7. The molecule has 1 saturated carbocycles. The predicted octanol–water partition coefficient (Wildman–Crippen LogP) is 0.735. The van der Waals surface area contributed by atoms with Crippen LogP contribution in [0.4, 0.5) is 0 Å². The molecule has 4 aliphatic rings. The fourth-order valence-corrected chi connectivity index (χ4v) is 7.72. The number of aliphatic hydroxyl groups is 2. The molecule has 7 atom stereocenters. The third-order valence-corrected chi connectivity index (χ3v) is 10.7. The zero-order valence-corrected chi connectivity index (χ0v) is 26.5. The maximum atomic E-state index is 13.4. The molecule has 0 aromatic heterocycles. The zero-order chi connectivity index (χ0) is 32.3. The lowest BCUT2D eigenvalue weighted by Crippen LogP contribution is -2.41. The number of nitrogens with one attached hydrogen (secondary N) is 2. The molecular formula is C28H44N5O10P. The van der Waals surface area contributed by atoms with Crippen LogP contribution in [0.25, 0.3) is 0 Å². The summed E-state index contributed by atoms with van der Waals surface area (Å²) in [6, 6.07) is 0. The monoisotopic (exact) mass is 641 g/mol. The Morgan fingerprint density at radius 2 is 1.80 bits per heavy atom. The topological polar surface area (TPSA) is 220 Å². The van der Waals surface area contributed by atoms with Crippen LogP contribution in [0.5, 0.6) is 0 Å². The number of allylic oxidation sites excluding steroid dienone is 1. The van der Waals surface area contributed by atoms with Gasteiger partial charge >= 0.3 is 19.6 Å². The molecule has 6 N–H and O–H groups in total. The van der Waals surface area contributed by atoms with Crippen molar-refractivity contribution in [1.29, 1.82) is 0 Å². The van der Waals surface area contributed by atoms with Crippen LogP contribution < -0.4 is 15.9 Å². The van der Waals surface area contributed by atoms with Crippen molar-refractivity contribution in [2.45, 2.75) is 83.2 Å². The number of hydrogen-bond acceptors (Lipinski definition) is 12. The van der Waals surface area contributed by atoms with E-state index in [2.05, 4.69) is 27.1 Å². The van der Waals surface area contributed by atoms with Crippen LogP contribution >= 0.6 is 7.67 Å². The fourth-order valence-electron chi connectivity index (χ4n) is 6.40. The lowest BCUT2D eigenvalue weighted by Gasteiger charge is -2.26. The van der Waals surface area contributed by atoms with Crippen LogP contribution in [0.15, 0.2) is 21.8 Å². The van der Waals surface area contributed by atoms with E-state index in [0.29, 0.717) is 37.2 Å². The molecule has 0 bridgehead atoms. The summed E-state index contributed by atoms with van der Waals surface area (Å²) in [4.78, 5) is 44.9. The number of aliphatic hydroxyl groups excluding tert-OH is 1. The largest absolute Gasteiger partial charge is 0.465 e. The first-order chi connectivity index (χ1) is 20.8. The highest BCUT2D eigenvalue weighted by Crippen LogP contribution is 2.67. The number of fused-ring (bicyclic) bond motifs is 2. The van der Waals surface area contributed by atoms with Gasteiger partial charge in [0.2, 0.25) is 0 Å². The number of carbonyl (C=O) groups is 3. The molecule has 0 spiro atoms. The van der Waals surface area contributed by atoms with Crippen LogP contribution in [0.2, 0.25) is 0 Å². The van der Waals surface area contributed by atoms with Gasteiger partial charge in [-0.05, 0) is 52.4 Å². The van der Waals surface area contributed by atoms with Crippen molar-refractivity contribution in [1.82, 2.24) is 10.2 Å². The van der Waals surface area contributed by atoms with Gasteiger partial charge in [0.05, 0.1) is 19.8 Å². The molecule has 2 fully saturated rings. The maximum absolute atomic E-state index is 13.4. The van der Waals surface area contributed by atoms with Crippen LogP contribution in [0.3, 0.4) is 0 Å². The average Bonchev–Trinajstić information content (AvgIpc) is 3.46. The first kappa shape index (κ1) is 34.4. The fraction of sp³-hybridized carbons (Fsp3) is 0.750. The van der Waals surface area contributed by atoms with Gasteiger partial charge in [0.25, 0.3) is 5.91 Å². The Labute approximate surface area is 256 Å². The SMILES string of the molecule is CCOC(=O)CNP(=O)(NCC(=O)OCC)OCC1OC2(C)C(CC3=CN=C4C(=O)N=C(N)CCC(C)C4CC3)C2(O)C1O. The standard InChI is InChI=1S/C28H44N5O10P/c1-5-40-22(34)13-31-44(39,32-14-23(35)41-6-2)42-15-19-25(36)28(38)20(27(28,4)43-19)11-17-8-9-18-16(3)7-10-21(29)33-26(37)24(18)30-12-17/h12,16,18-20,25,36,38H,5-11,13-15H2,1-4H3,(H2,29,33,37)(H2,31,32,39). The van der Waals surface area contributed by atoms with Gasteiger partial charge in [0.15, 0.2) is 0 Å². The highest BCUT2D eigenvalue weighted by molar-refractivity contribution is 7.54. The molecule has 0 aromatic rings. The van der Waals surface area contributed by atoms with Gasteiger partial charge in [-0.2, -0.15) is 4.99 Å². The number of aliphatic imine (C=N–C) groups is 2. The molecular weight excluding hydrogens is 597 g/mol. The van der Waals surface area contributed by atoms with Crippen molar-refractivity contribution < 1.29 is 47.9 Å². The number of amides is 1. The molecule has 1 aliphatic carbocycles. The van der Waals surface area contributed by atoms with Gasteiger partial charge in [0.1, 0.15) is 48.0 Å². The Bertz CT molecular complexity index is 1250. The summed E-state index contributed by atoms with van der Waals surface area (Å²) < 4.78 is 34.7. The van der Waals surface area contributed by atoms with Crippen LogP contribution in [-0.4, -0.2) is 95.9 Å². The second-order valence-electron chi connectivity index (χ2n) is 11.8. The third-order valence-electron chi connectivity index (χ3n) is 8.99. The molecule has 15 nitrogen and oxygen atoms in total. The average molecular weight is 642 g/mol. The minimum atomic E-state index is -4.03. The molecule has 3 aliphatic heterocycles. The van der Waals surface area contributed by atoms with Crippen molar-refractivity contribution in [3.8, 4) is 0 Å². The van der Waals surface area contributed by atoms with E-state index >= 15 is 0 Å². The van der Waals surface area contributed by atoms with Crippen molar-refractivity contribution in [3.05, 3.63) is 11.8 Å². The molecule has 246 valence electrons. The van der Waals surface area contributed by atoms with E-state index in [9.17, 15) is 29.2 Å². The summed E-state index contributed by atoms with van der Waals surface area (Å²) in [5.74, 6) is -1.80. The molecule has 16 heteroatoms. The van der Waals surface area contributed by atoms with E-state index in [1.807, 2.05) is 0 Å². The highest BCUT2D eigenvalue weighted by atomic mass is 31.2. The zero-order valence-electron chi connectivity index (χ0n) is 25.6. The minimum Gasteiger partial charge on any atom is -0.465 e. The summed E-state index contributed by atoms with van der Waals surface area (Å²) in [7, 11) is -4.03. The Hall–Kier alpha value is -2.52. The molecule has 1 amide bonds. The molecule has 1 saturated heterocycles. The van der Waals surface area contributed by atoms with Crippen molar-refractivity contribution in [2.75, 3.05) is 32.9 Å². The van der Waals surface area contributed by atoms with E-state index in [0.717, 1.165) is 12.0 Å². The second kappa shape index (κ2) is 13.9. The van der Waals surface area contributed by atoms with Gasteiger partial charge in [-0.15, -0.1) is 0 Å². The first-order valence-electron chi connectivity index (χ1n) is 15.0. The predicted molar refractivity (Wildman–Crippen MR) is 158 cm³/mol. The number of hydrogen-bond donors (Lipinski definition) is 5. The van der Waals surface area contributed by atoms with E-state index in [4.69, 9.17) is 24.5 Å². The smallest absolute Gasteiger partial charge is 0.341 e. The van der Waals surface area contributed by atoms with E-state index in [-0.39, 0.29) is 25.0 Å². The normalized spacial score (nSPS) is 33.5. The van der Waals surface area contributed by atoms with E-state index in [1.165, 1.54) is 0 Å². The molecule has 0 aromatic carbocycles. The summed E-state index contributed by atoms with van der Waals surface area (Å²) in [5.41, 5.74) is 4.45. The number of nitrogens with two attached hydrogens (primary N) is 1. The number of amidine groups is 1. The third kappa shape index (κ3) is 7.14. The number of nitrogens with zero attached hydrogens (tertiary/aromatic N) is 2. The van der Waals surface area contributed by atoms with Crippen LogP contribution in [-0.2, 0) is 37.7 Å². The molecule has 3 heterocycles. The molecule has 4 rings (SSSR count). The Morgan fingerprint density at radius 1 is 1.16 bits per heavy atom. The van der Waals surface area contributed by atoms with Gasteiger partial charge in [0, 0.05) is 24.5 Å². The molecule has 7 unspecified atom stereocenters. The summed E-state index contributed by atoms with van der Waals surface area (Å²) in [5, 5.41) is 27.5. The van der Waals surface area contributed by atoms with Crippen LogP contribution in [0.1, 0.15) is 59.8 Å². The summed E-state index contributed by atoms with van der Waals surface area (Å²) >= 11 is 0. The number of carbonyl (C=O) groups excluding carboxylic acids is 3. The Balaban J connectivity index is 1.39. The summed E-state index contributed by atoms with van der Waals surface area (Å²) in [6.45, 7) is 5.90. The molecule has 0 radical (unpaired) electrons.